The molecule has 0 aromatic carbocycles. The number of thiophene rings is 1. The van der Waals surface area contributed by atoms with Crippen LogP contribution in [-0.4, -0.2) is 27.7 Å². The van der Waals surface area contributed by atoms with Crippen LogP contribution in [-0.2, 0) is 23.4 Å². The quantitative estimate of drug-likeness (QED) is 0.854. The molecule has 1 aliphatic carbocycles. The van der Waals surface area contributed by atoms with Crippen LogP contribution >= 0.6 is 23.1 Å². The molecule has 130 valence electrons. The van der Waals surface area contributed by atoms with Crippen molar-refractivity contribution in [1.29, 1.82) is 0 Å². The first-order valence-corrected chi connectivity index (χ1v) is 10.3. The van der Waals surface area contributed by atoms with Gasteiger partial charge in [0.1, 0.15) is 10.7 Å². The summed E-state index contributed by atoms with van der Waals surface area (Å²) in [6.07, 6.45) is 3.17. The average molecular weight is 366 g/mol. The molecule has 0 saturated carbocycles. The van der Waals surface area contributed by atoms with Crippen LogP contribution in [0.4, 0.5) is 0 Å². The van der Waals surface area contributed by atoms with Crippen LogP contribution in [0.25, 0.3) is 10.2 Å². The van der Waals surface area contributed by atoms with Crippen molar-refractivity contribution in [3.8, 4) is 0 Å². The van der Waals surface area contributed by atoms with Crippen LogP contribution in [0.3, 0.4) is 0 Å². The molecule has 3 rings (SSSR count). The number of fused-ring (bicyclic) bond motifs is 3. The third-order valence-electron chi connectivity index (χ3n) is 4.14. The minimum atomic E-state index is -0.0331. The van der Waals surface area contributed by atoms with E-state index in [1.165, 1.54) is 22.2 Å². The second-order valence-electron chi connectivity index (χ2n) is 6.76. The third-order valence-corrected chi connectivity index (χ3v) is 6.23. The summed E-state index contributed by atoms with van der Waals surface area (Å²) >= 11 is 3.13. The van der Waals surface area contributed by atoms with Crippen LogP contribution in [0.5, 0.6) is 0 Å². The highest BCUT2D eigenvalue weighted by atomic mass is 32.2. The molecule has 0 bridgehead atoms. The number of aromatic nitrogens is 2. The van der Waals surface area contributed by atoms with E-state index in [-0.39, 0.29) is 17.5 Å². The summed E-state index contributed by atoms with van der Waals surface area (Å²) in [5.41, 5.74) is 1.17. The summed E-state index contributed by atoms with van der Waals surface area (Å²) < 4.78 is 0. The highest BCUT2D eigenvalue weighted by Crippen LogP contribution is 2.35. The van der Waals surface area contributed by atoms with Crippen LogP contribution < -0.4 is 10.9 Å². The lowest BCUT2D eigenvalue weighted by Gasteiger charge is -2.17. The standard InChI is InChI=1S/C17H23N3O2S2/c1-9(2)18-14(21)8-23-7-13-19-16(22)15-11-5-4-10(3)6-12(11)24-17(15)20-13/h9-10H,4-8H2,1-3H3,(H,18,21)(H,19,20,22)/t10-/m0/s1. The Bertz CT molecular complexity index is 810. The number of rotatable bonds is 5. The van der Waals surface area contributed by atoms with Crippen molar-refractivity contribution in [1.82, 2.24) is 15.3 Å². The molecule has 2 heterocycles. The molecule has 0 aliphatic heterocycles. The van der Waals surface area contributed by atoms with Crippen LogP contribution in [0.2, 0.25) is 0 Å². The number of hydrogen-bond acceptors (Lipinski definition) is 5. The first kappa shape index (κ1) is 17.5. The molecule has 1 amide bonds. The Morgan fingerprint density at radius 3 is 3.04 bits per heavy atom. The highest BCUT2D eigenvalue weighted by molar-refractivity contribution is 7.99. The topological polar surface area (TPSA) is 74.8 Å². The summed E-state index contributed by atoms with van der Waals surface area (Å²) in [6.45, 7) is 6.14. The predicted octanol–water partition coefficient (Wildman–Crippen LogP) is 2.87. The Kier molecular flexibility index (Phi) is 5.30. The van der Waals surface area contributed by atoms with E-state index in [2.05, 4.69) is 22.2 Å². The minimum absolute atomic E-state index is 0.0130. The van der Waals surface area contributed by atoms with Gasteiger partial charge in [0, 0.05) is 10.9 Å². The second-order valence-corrected chi connectivity index (χ2v) is 8.83. The number of H-pyrrole nitrogens is 1. The van der Waals surface area contributed by atoms with Crippen molar-refractivity contribution in [3.63, 3.8) is 0 Å². The monoisotopic (exact) mass is 365 g/mol. The van der Waals surface area contributed by atoms with Gasteiger partial charge in [-0.3, -0.25) is 9.59 Å². The normalized spacial score (nSPS) is 17.2. The number of aromatic amines is 1. The molecule has 0 saturated heterocycles. The maximum absolute atomic E-state index is 12.5. The van der Waals surface area contributed by atoms with E-state index in [0.29, 0.717) is 23.2 Å². The maximum Gasteiger partial charge on any atom is 0.259 e. The largest absolute Gasteiger partial charge is 0.353 e. The summed E-state index contributed by atoms with van der Waals surface area (Å²) in [5, 5.41) is 3.64. The lowest BCUT2D eigenvalue weighted by molar-refractivity contribution is -0.119. The first-order chi connectivity index (χ1) is 11.4. The van der Waals surface area contributed by atoms with Crippen molar-refractivity contribution in [2.45, 2.75) is 51.8 Å². The third kappa shape index (κ3) is 3.83. The fraction of sp³-hybridized carbons (Fsp3) is 0.588. The Morgan fingerprint density at radius 1 is 1.50 bits per heavy atom. The summed E-state index contributed by atoms with van der Waals surface area (Å²) in [5.74, 6) is 2.26. The molecule has 0 radical (unpaired) electrons. The van der Waals surface area contributed by atoms with Crippen molar-refractivity contribution in [3.05, 3.63) is 26.6 Å². The van der Waals surface area contributed by atoms with Gasteiger partial charge in [0.05, 0.1) is 16.9 Å². The number of aryl methyl sites for hydroxylation is 1. The molecular formula is C17H23N3O2S2. The summed E-state index contributed by atoms with van der Waals surface area (Å²) in [7, 11) is 0. The molecule has 0 unspecified atom stereocenters. The van der Waals surface area contributed by atoms with Gasteiger partial charge in [-0.25, -0.2) is 4.98 Å². The lowest BCUT2D eigenvalue weighted by atomic mass is 9.89. The molecule has 2 aromatic rings. The van der Waals surface area contributed by atoms with Crippen LogP contribution in [0.15, 0.2) is 4.79 Å². The fourth-order valence-corrected chi connectivity index (χ4v) is 5.17. The predicted molar refractivity (Wildman–Crippen MR) is 101 cm³/mol. The van der Waals surface area contributed by atoms with Gasteiger partial charge in [-0.05, 0) is 44.6 Å². The van der Waals surface area contributed by atoms with Gasteiger partial charge in [-0.2, -0.15) is 0 Å². The minimum Gasteiger partial charge on any atom is -0.353 e. The van der Waals surface area contributed by atoms with Gasteiger partial charge >= 0.3 is 0 Å². The van der Waals surface area contributed by atoms with Crippen LogP contribution in [0, 0.1) is 5.92 Å². The van der Waals surface area contributed by atoms with Gasteiger partial charge in [0.25, 0.3) is 5.56 Å². The Balaban J connectivity index is 1.74. The van der Waals surface area contributed by atoms with Crippen molar-refractivity contribution in [2.75, 3.05) is 5.75 Å². The van der Waals surface area contributed by atoms with Crippen molar-refractivity contribution in [2.24, 2.45) is 5.92 Å². The highest BCUT2D eigenvalue weighted by Gasteiger charge is 2.23. The zero-order valence-electron chi connectivity index (χ0n) is 14.3. The van der Waals surface area contributed by atoms with E-state index in [9.17, 15) is 9.59 Å². The van der Waals surface area contributed by atoms with Gasteiger partial charge in [0.2, 0.25) is 5.91 Å². The summed E-state index contributed by atoms with van der Waals surface area (Å²) in [4.78, 5) is 33.8. The number of nitrogens with zero attached hydrogens (tertiary/aromatic N) is 1. The molecule has 24 heavy (non-hydrogen) atoms. The molecule has 2 aromatic heterocycles. The number of thioether (sulfide) groups is 1. The second kappa shape index (κ2) is 7.27. The Labute approximate surface area is 149 Å². The van der Waals surface area contributed by atoms with Crippen LogP contribution in [0.1, 0.15) is 43.5 Å². The number of amides is 1. The van der Waals surface area contributed by atoms with E-state index >= 15 is 0 Å². The molecular weight excluding hydrogens is 342 g/mol. The van der Waals surface area contributed by atoms with E-state index in [0.717, 1.165) is 29.5 Å². The smallest absolute Gasteiger partial charge is 0.259 e. The van der Waals surface area contributed by atoms with Gasteiger partial charge in [0.15, 0.2) is 0 Å². The number of hydrogen-bond donors (Lipinski definition) is 2. The zero-order valence-corrected chi connectivity index (χ0v) is 15.9. The Morgan fingerprint density at radius 2 is 2.29 bits per heavy atom. The van der Waals surface area contributed by atoms with E-state index < -0.39 is 0 Å². The maximum atomic E-state index is 12.5. The van der Waals surface area contributed by atoms with Crippen molar-refractivity contribution < 1.29 is 4.79 Å². The zero-order chi connectivity index (χ0) is 17.3. The number of nitrogens with one attached hydrogen (secondary N) is 2. The van der Waals surface area contributed by atoms with Gasteiger partial charge in [-0.1, -0.05) is 6.92 Å². The molecule has 0 spiro atoms. The van der Waals surface area contributed by atoms with E-state index in [1.807, 2.05) is 13.8 Å². The first-order valence-electron chi connectivity index (χ1n) is 8.34. The molecule has 5 nitrogen and oxygen atoms in total. The molecule has 1 atom stereocenters. The number of carbonyl (C=O) groups excluding carboxylic acids is 1. The van der Waals surface area contributed by atoms with E-state index in [1.54, 1.807) is 11.3 Å². The molecule has 1 aliphatic rings. The lowest BCUT2D eigenvalue weighted by Crippen LogP contribution is -2.31. The number of carbonyl (C=O) groups is 1. The average Bonchev–Trinajstić information content (AvgIpc) is 2.83. The SMILES string of the molecule is CC(C)NC(=O)CSCc1nc2sc3c(c2c(=O)[nH]1)CC[C@H](C)C3. The molecule has 2 N–H and O–H groups in total. The molecule has 7 heteroatoms. The van der Waals surface area contributed by atoms with Gasteiger partial charge in [-0.15, -0.1) is 23.1 Å². The summed E-state index contributed by atoms with van der Waals surface area (Å²) in [6, 6.07) is 0.146. The van der Waals surface area contributed by atoms with Gasteiger partial charge < -0.3 is 10.3 Å². The fourth-order valence-electron chi connectivity index (χ4n) is 3.07. The molecule has 0 fully saturated rings. The Hall–Kier alpha value is -1.34. The van der Waals surface area contributed by atoms with Crippen molar-refractivity contribution >= 4 is 39.2 Å². The van der Waals surface area contributed by atoms with E-state index in [4.69, 9.17) is 0 Å².